The van der Waals surface area contributed by atoms with Crippen molar-refractivity contribution in [1.82, 2.24) is 9.97 Å². The summed E-state index contributed by atoms with van der Waals surface area (Å²) in [7, 11) is 4.05. The van der Waals surface area contributed by atoms with Crippen LogP contribution in [0.2, 0.25) is 0 Å². The van der Waals surface area contributed by atoms with Crippen molar-refractivity contribution in [1.29, 1.82) is 0 Å². The summed E-state index contributed by atoms with van der Waals surface area (Å²) in [5.74, 6) is 7.34. The van der Waals surface area contributed by atoms with Gasteiger partial charge in [0.1, 0.15) is 17.5 Å². The predicted octanol–water partition coefficient (Wildman–Crippen LogP) is 2.19. The van der Waals surface area contributed by atoms with Crippen molar-refractivity contribution in [2.45, 2.75) is 13.8 Å². The lowest BCUT2D eigenvalue weighted by molar-refractivity contribution is 1.05. The molecule has 0 bridgehead atoms. The van der Waals surface area contributed by atoms with Crippen LogP contribution in [-0.2, 0) is 0 Å². The zero-order valence-electron chi connectivity index (χ0n) is 12.2. The molecule has 0 aliphatic heterocycles. The third-order valence-electron chi connectivity index (χ3n) is 2.95. The number of nitrogens with two attached hydrogens (primary N) is 1. The van der Waals surface area contributed by atoms with E-state index in [2.05, 4.69) is 44.7 Å². The lowest BCUT2D eigenvalue weighted by Crippen LogP contribution is -2.11. The summed E-state index contributed by atoms with van der Waals surface area (Å²) in [5.41, 5.74) is 5.90. The summed E-state index contributed by atoms with van der Waals surface area (Å²) in [4.78, 5) is 10.6. The van der Waals surface area contributed by atoms with Crippen molar-refractivity contribution in [3.63, 3.8) is 0 Å². The van der Waals surface area contributed by atoms with Crippen molar-refractivity contribution < 1.29 is 0 Å². The van der Waals surface area contributed by atoms with Gasteiger partial charge in [-0.05, 0) is 31.5 Å². The van der Waals surface area contributed by atoms with Crippen molar-refractivity contribution in [2.24, 2.45) is 5.84 Å². The second kappa shape index (κ2) is 5.75. The Morgan fingerprint density at radius 1 is 1.05 bits per heavy atom. The molecule has 2 rings (SSSR count). The Morgan fingerprint density at radius 3 is 2.40 bits per heavy atom. The lowest BCUT2D eigenvalue weighted by atomic mass is 10.1. The molecule has 6 nitrogen and oxygen atoms in total. The van der Waals surface area contributed by atoms with Crippen molar-refractivity contribution in [3.05, 3.63) is 35.7 Å². The standard InChI is InChI=1S/C14H20N6/c1-9-5-6-11(7-12(9)20(3)4)18-13-8-14(19-15)17-10(2)16-13/h5-8H,15H2,1-4H3,(H2,16,17,18,19). The monoisotopic (exact) mass is 272 g/mol. The summed E-state index contributed by atoms with van der Waals surface area (Å²) in [6.45, 7) is 3.91. The number of hydrogen-bond donors (Lipinski definition) is 3. The minimum absolute atomic E-state index is 0.583. The topological polar surface area (TPSA) is 79.1 Å². The lowest BCUT2D eigenvalue weighted by Gasteiger charge is -2.17. The Labute approximate surface area is 119 Å². The third-order valence-corrected chi connectivity index (χ3v) is 2.95. The maximum absolute atomic E-state index is 5.39. The van der Waals surface area contributed by atoms with E-state index in [1.54, 1.807) is 6.07 Å². The molecule has 1 aromatic heterocycles. The Morgan fingerprint density at radius 2 is 1.75 bits per heavy atom. The first-order chi connectivity index (χ1) is 9.49. The van der Waals surface area contributed by atoms with Crippen LogP contribution in [-0.4, -0.2) is 24.1 Å². The van der Waals surface area contributed by atoms with Crippen LogP contribution in [0.25, 0.3) is 0 Å². The van der Waals surface area contributed by atoms with Crippen LogP contribution < -0.4 is 21.5 Å². The number of nitrogens with zero attached hydrogens (tertiary/aromatic N) is 3. The SMILES string of the molecule is Cc1nc(NN)cc(Nc2ccc(C)c(N(C)C)c2)n1. The molecule has 20 heavy (non-hydrogen) atoms. The summed E-state index contributed by atoms with van der Waals surface area (Å²) < 4.78 is 0. The Bertz CT molecular complexity index is 609. The van der Waals surface area contributed by atoms with E-state index in [-0.39, 0.29) is 0 Å². The van der Waals surface area contributed by atoms with Crippen LogP contribution in [0.1, 0.15) is 11.4 Å². The maximum atomic E-state index is 5.39. The first-order valence-electron chi connectivity index (χ1n) is 6.37. The number of nitrogens with one attached hydrogen (secondary N) is 2. The number of aryl methyl sites for hydroxylation is 2. The average molecular weight is 272 g/mol. The Kier molecular flexibility index (Phi) is 4.05. The highest BCUT2D eigenvalue weighted by molar-refractivity contribution is 5.66. The van der Waals surface area contributed by atoms with Crippen LogP contribution in [0.3, 0.4) is 0 Å². The highest BCUT2D eigenvalue weighted by Crippen LogP contribution is 2.25. The smallest absolute Gasteiger partial charge is 0.145 e. The molecule has 0 unspecified atom stereocenters. The van der Waals surface area contributed by atoms with E-state index in [4.69, 9.17) is 5.84 Å². The van der Waals surface area contributed by atoms with Crippen LogP contribution in [0.15, 0.2) is 24.3 Å². The Balaban J connectivity index is 2.30. The van der Waals surface area contributed by atoms with E-state index in [0.29, 0.717) is 17.5 Å². The van der Waals surface area contributed by atoms with Crippen LogP contribution >= 0.6 is 0 Å². The quantitative estimate of drug-likeness (QED) is 0.585. The molecule has 0 aliphatic carbocycles. The number of hydrazine groups is 1. The molecule has 1 aromatic carbocycles. The van der Waals surface area contributed by atoms with Crippen LogP contribution in [0.4, 0.5) is 23.0 Å². The molecule has 0 saturated carbocycles. The van der Waals surface area contributed by atoms with Gasteiger partial charge in [0.15, 0.2) is 0 Å². The maximum Gasteiger partial charge on any atom is 0.145 e. The zero-order valence-corrected chi connectivity index (χ0v) is 12.2. The molecule has 6 heteroatoms. The van der Waals surface area contributed by atoms with Crippen molar-refractivity contribution in [2.75, 3.05) is 29.7 Å². The van der Waals surface area contributed by atoms with Gasteiger partial charge >= 0.3 is 0 Å². The van der Waals surface area contributed by atoms with Gasteiger partial charge in [0, 0.05) is 31.5 Å². The fourth-order valence-corrected chi connectivity index (χ4v) is 2.02. The highest BCUT2D eigenvalue weighted by atomic mass is 15.3. The minimum Gasteiger partial charge on any atom is -0.377 e. The number of benzene rings is 1. The van der Waals surface area contributed by atoms with Gasteiger partial charge in [-0.1, -0.05) is 6.07 Å². The van der Waals surface area contributed by atoms with Gasteiger partial charge < -0.3 is 15.6 Å². The van der Waals surface area contributed by atoms with E-state index in [9.17, 15) is 0 Å². The van der Waals surface area contributed by atoms with E-state index in [1.165, 1.54) is 5.56 Å². The van der Waals surface area contributed by atoms with Gasteiger partial charge in [-0.3, -0.25) is 0 Å². The first-order valence-corrected chi connectivity index (χ1v) is 6.37. The molecule has 0 amide bonds. The van der Waals surface area contributed by atoms with Crippen LogP contribution in [0.5, 0.6) is 0 Å². The zero-order chi connectivity index (χ0) is 14.7. The fourth-order valence-electron chi connectivity index (χ4n) is 2.02. The molecule has 2 aromatic rings. The number of aromatic nitrogens is 2. The number of rotatable bonds is 4. The molecule has 0 radical (unpaired) electrons. The van der Waals surface area contributed by atoms with Gasteiger partial charge in [-0.25, -0.2) is 15.8 Å². The van der Waals surface area contributed by atoms with Gasteiger partial charge in [0.25, 0.3) is 0 Å². The molecule has 0 atom stereocenters. The van der Waals surface area contributed by atoms with Crippen LogP contribution in [0, 0.1) is 13.8 Å². The first kappa shape index (κ1) is 14.1. The molecule has 0 saturated heterocycles. The predicted molar refractivity (Wildman–Crippen MR) is 83.4 cm³/mol. The van der Waals surface area contributed by atoms with E-state index >= 15 is 0 Å². The largest absolute Gasteiger partial charge is 0.377 e. The molecule has 0 fully saturated rings. The molecule has 0 spiro atoms. The molecule has 4 N–H and O–H groups in total. The van der Waals surface area contributed by atoms with E-state index in [0.717, 1.165) is 11.4 Å². The molecule has 106 valence electrons. The van der Waals surface area contributed by atoms with E-state index < -0.39 is 0 Å². The third kappa shape index (κ3) is 3.16. The van der Waals surface area contributed by atoms with Gasteiger partial charge in [-0.15, -0.1) is 0 Å². The molecule has 1 heterocycles. The van der Waals surface area contributed by atoms with Gasteiger partial charge in [-0.2, -0.15) is 0 Å². The number of nitrogen functional groups attached to an aromatic ring is 1. The summed E-state index contributed by atoms with van der Waals surface area (Å²) in [6, 6.07) is 7.95. The molecular formula is C14H20N6. The highest BCUT2D eigenvalue weighted by Gasteiger charge is 2.05. The van der Waals surface area contributed by atoms with Crippen molar-refractivity contribution in [3.8, 4) is 0 Å². The summed E-state index contributed by atoms with van der Waals surface area (Å²) in [5, 5.41) is 3.27. The number of hydrogen-bond acceptors (Lipinski definition) is 6. The second-order valence-corrected chi connectivity index (χ2v) is 4.85. The molecule has 0 aliphatic rings. The Hall–Kier alpha value is -2.34. The molecular weight excluding hydrogens is 252 g/mol. The van der Waals surface area contributed by atoms with Crippen molar-refractivity contribution >= 4 is 23.0 Å². The average Bonchev–Trinajstić information content (AvgIpc) is 2.40. The van der Waals surface area contributed by atoms with Gasteiger partial charge in [0.05, 0.1) is 0 Å². The minimum atomic E-state index is 0.583. The summed E-state index contributed by atoms with van der Waals surface area (Å²) >= 11 is 0. The second-order valence-electron chi connectivity index (χ2n) is 4.85. The normalized spacial score (nSPS) is 10.2. The van der Waals surface area contributed by atoms with Gasteiger partial charge in [0.2, 0.25) is 0 Å². The fraction of sp³-hybridized carbons (Fsp3) is 0.286. The number of anilines is 4. The summed E-state index contributed by atoms with van der Waals surface area (Å²) in [6.07, 6.45) is 0. The van der Waals surface area contributed by atoms with E-state index in [1.807, 2.05) is 27.1 Å².